The Bertz CT molecular complexity index is 929. The second-order valence-corrected chi connectivity index (χ2v) is 10.9. The van der Waals surface area contributed by atoms with Gasteiger partial charge in [0.05, 0.1) is 18.4 Å². The van der Waals surface area contributed by atoms with Gasteiger partial charge >= 0.3 is 47.5 Å². The fourth-order valence-corrected chi connectivity index (χ4v) is 4.16. The van der Waals surface area contributed by atoms with Crippen LogP contribution in [-0.2, 0) is 38.7 Å². The summed E-state index contributed by atoms with van der Waals surface area (Å²) in [5.74, 6) is -3.04. The summed E-state index contributed by atoms with van der Waals surface area (Å²) in [5, 5.41) is 7.58. The van der Waals surface area contributed by atoms with Gasteiger partial charge in [-0.25, -0.2) is 8.42 Å². The van der Waals surface area contributed by atoms with Crippen LogP contribution < -0.4 is 29.6 Å². The average Bonchev–Trinajstić information content (AvgIpc) is 2.94. The van der Waals surface area contributed by atoms with Crippen molar-refractivity contribution >= 4 is 28.0 Å². The van der Waals surface area contributed by atoms with Gasteiger partial charge in [-0.05, 0) is 38.5 Å². The van der Waals surface area contributed by atoms with Gasteiger partial charge in [0.15, 0.2) is 5.25 Å². The Hall–Kier alpha value is -1.50. The van der Waals surface area contributed by atoms with Crippen LogP contribution in [0.5, 0.6) is 0 Å². The fourth-order valence-electron chi connectivity index (χ4n) is 3.52. The van der Waals surface area contributed by atoms with Crippen molar-refractivity contribution in [2.45, 2.75) is 82.8 Å². The zero-order chi connectivity index (χ0) is 28.3. The van der Waals surface area contributed by atoms with E-state index in [0.29, 0.717) is 6.42 Å². The molecular formula is C27H41NaO10S. The Morgan fingerprint density at radius 3 is 2.23 bits per heavy atom. The molecule has 1 N–H and O–H groups in total. The zero-order valence-electron chi connectivity index (χ0n) is 23.2. The van der Waals surface area contributed by atoms with Gasteiger partial charge in [0.1, 0.15) is 29.9 Å². The predicted octanol–water partition coefficient (Wildman–Crippen LogP) is 0.506. The molecule has 0 aromatic carbocycles. The second kappa shape index (κ2) is 21.3. The fraction of sp³-hybridized carbons (Fsp3) is 0.667. The summed E-state index contributed by atoms with van der Waals surface area (Å²) in [6.45, 7) is -0.0263. The van der Waals surface area contributed by atoms with E-state index in [1.807, 2.05) is 0 Å². The SMILES string of the molecule is CC/C=C\C/C=C\C/C=C\CCCCCCCC(=O)OCC1(CO)COC(=O)CC(S(=O)(=O)[O-])C(=O)OC1.[Na+]. The summed E-state index contributed by atoms with van der Waals surface area (Å²) in [4.78, 5) is 36.0. The molecule has 0 spiro atoms. The van der Waals surface area contributed by atoms with Gasteiger partial charge in [0.25, 0.3) is 0 Å². The molecule has 39 heavy (non-hydrogen) atoms. The summed E-state index contributed by atoms with van der Waals surface area (Å²) >= 11 is 0. The van der Waals surface area contributed by atoms with Gasteiger partial charge in [-0.2, -0.15) is 0 Å². The largest absolute Gasteiger partial charge is 1.00 e. The molecule has 1 saturated heterocycles. The molecule has 0 aromatic rings. The van der Waals surface area contributed by atoms with Crippen LogP contribution >= 0.6 is 0 Å². The maximum Gasteiger partial charge on any atom is 1.00 e. The number of rotatable bonds is 17. The number of carbonyl (C=O) groups is 3. The number of hydrogen-bond acceptors (Lipinski definition) is 10. The van der Waals surface area contributed by atoms with E-state index in [2.05, 4.69) is 43.4 Å². The van der Waals surface area contributed by atoms with Gasteiger partial charge in [0, 0.05) is 6.42 Å². The molecule has 0 bridgehead atoms. The third-order valence-electron chi connectivity index (χ3n) is 5.93. The number of aliphatic hydroxyl groups is 1. The molecule has 0 aliphatic carbocycles. The quantitative estimate of drug-likeness (QED) is 0.0642. The summed E-state index contributed by atoms with van der Waals surface area (Å²) in [6.07, 6.45) is 20.8. The predicted molar refractivity (Wildman–Crippen MR) is 140 cm³/mol. The Labute approximate surface area is 254 Å². The van der Waals surface area contributed by atoms with Crippen LogP contribution in [-0.4, -0.2) is 67.7 Å². The smallest absolute Gasteiger partial charge is 0.747 e. The molecule has 0 aromatic heterocycles. The van der Waals surface area contributed by atoms with Crippen molar-refractivity contribution in [3.8, 4) is 0 Å². The van der Waals surface area contributed by atoms with Gasteiger partial charge in [-0.3, -0.25) is 14.4 Å². The first-order valence-electron chi connectivity index (χ1n) is 13.1. The second-order valence-electron chi connectivity index (χ2n) is 9.37. The minimum absolute atomic E-state index is 0. The molecule has 1 rings (SSSR count). The van der Waals surface area contributed by atoms with Crippen LogP contribution in [0.15, 0.2) is 36.5 Å². The van der Waals surface area contributed by atoms with E-state index in [4.69, 9.17) is 14.2 Å². The summed E-state index contributed by atoms with van der Waals surface area (Å²) in [7, 11) is -5.14. The van der Waals surface area contributed by atoms with E-state index in [0.717, 1.165) is 51.4 Å². The summed E-state index contributed by atoms with van der Waals surface area (Å²) in [6, 6.07) is 0. The van der Waals surface area contributed by atoms with Crippen molar-refractivity contribution < 1.29 is 76.2 Å². The number of unbranched alkanes of at least 4 members (excludes halogenated alkanes) is 5. The van der Waals surface area contributed by atoms with Crippen molar-refractivity contribution in [2.75, 3.05) is 26.4 Å². The van der Waals surface area contributed by atoms with Crippen molar-refractivity contribution in [1.82, 2.24) is 0 Å². The topological polar surface area (TPSA) is 156 Å². The Morgan fingerprint density at radius 2 is 1.59 bits per heavy atom. The van der Waals surface area contributed by atoms with Crippen LogP contribution in [0.3, 0.4) is 0 Å². The zero-order valence-corrected chi connectivity index (χ0v) is 26.0. The van der Waals surface area contributed by atoms with Crippen molar-refractivity contribution in [3.05, 3.63) is 36.5 Å². The molecule has 0 saturated carbocycles. The maximum atomic E-state index is 12.2. The first-order chi connectivity index (χ1) is 18.1. The standard InChI is InChI=1S/C27H42O10S.Na/c1-2-3-4-5-6-7-8-9-10-11-12-13-14-15-16-17-24(29)35-20-27(19-28)21-36-25(30)18-23(38(32,33)34)26(31)37-22-27;/h3-4,6-7,9-10,23,28H,2,5,8,11-22H2,1H3,(H,32,33,34);/q;+1/p-1/b4-3-,7-6-,10-9-;. The van der Waals surface area contributed by atoms with E-state index in [9.17, 15) is 32.5 Å². The number of esters is 3. The van der Waals surface area contributed by atoms with Crippen molar-refractivity contribution in [3.63, 3.8) is 0 Å². The third kappa shape index (κ3) is 17.0. The monoisotopic (exact) mass is 580 g/mol. The molecule has 216 valence electrons. The molecule has 1 heterocycles. The number of aliphatic hydroxyl groups excluding tert-OH is 1. The summed E-state index contributed by atoms with van der Waals surface area (Å²) in [5.41, 5.74) is -1.46. The average molecular weight is 581 g/mol. The van der Waals surface area contributed by atoms with Gasteiger partial charge in [0.2, 0.25) is 0 Å². The van der Waals surface area contributed by atoms with Crippen LogP contribution in [0.2, 0.25) is 0 Å². The Morgan fingerprint density at radius 1 is 1.00 bits per heavy atom. The molecule has 12 heteroatoms. The van der Waals surface area contributed by atoms with E-state index >= 15 is 0 Å². The van der Waals surface area contributed by atoms with Gasteiger partial charge < -0.3 is 23.9 Å². The molecule has 1 aliphatic rings. The minimum atomic E-state index is -5.14. The van der Waals surface area contributed by atoms with E-state index in [1.165, 1.54) is 0 Å². The van der Waals surface area contributed by atoms with Crippen molar-refractivity contribution in [2.24, 2.45) is 5.41 Å². The van der Waals surface area contributed by atoms with Crippen LogP contribution in [0.4, 0.5) is 0 Å². The number of allylic oxidation sites excluding steroid dienone is 6. The molecule has 0 amide bonds. The number of carbonyl (C=O) groups excluding carboxylic acids is 3. The van der Waals surface area contributed by atoms with E-state index < -0.39 is 71.5 Å². The first-order valence-corrected chi connectivity index (χ1v) is 14.6. The molecular weight excluding hydrogens is 539 g/mol. The molecule has 2 unspecified atom stereocenters. The number of cyclic esters (lactones) is 2. The maximum absolute atomic E-state index is 12.2. The van der Waals surface area contributed by atoms with Crippen LogP contribution in [0.25, 0.3) is 0 Å². The van der Waals surface area contributed by atoms with Gasteiger partial charge in [-0.15, -0.1) is 0 Å². The van der Waals surface area contributed by atoms with Crippen molar-refractivity contribution in [1.29, 1.82) is 0 Å². The molecule has 0 radical (unpaired) electrons. The third-order valence-corrected chi connectivity index (χ3v) is 6.99. The Kier molecular flexibility index (Phi) is 20.5. The summed E-state index contributed by atoms with van der Waals surface area (Å²) < 4.78 is 48.8. The molecule has 1 fully saturated rings. The molecule has 2 atom stereocenters. The normalized spacial score (nSPS) is 20.7. The molecule has 10 nitrogen and oxygen atoms in total. The minimum Gasteiger partial charge on any atom is -0.747 e. The van der Waals surface area contributed by atoms with Crippen LogP contribution in [0, 0.1) is 5.41 Å². The van der Waals surface area contributed by atoms with E-state index in [-0.39, 0.29) is 36.0 Å². The van der Waals surface area contributed by atoms with Gasteiger partial charge in [-0.1, -0.05) is 62.6 Å². The van der Waals surface area contributed by atoms with Crippen LogP contribution in [0.1, 0.15) is 77.6 Å². The number of hydrogen-bond donors (Lipinski definition) is 1. The molecule has 1 aliphatic heterocycles. The first kappa shape index (κ1) is 37.5. The number of ether oxygens (including phenoxy) is 3. The Balaban J connectivity index is 0.0000144. The van der Waals surface area contributed by atoms with E-state index in [1.54, 1.807) is 0 Å².